The first kappa shape index (κ1) is 19.7. The van der Waals surface area contributed by atoms with E-state index in [2.05, 4.69) is 41.6 Å². The molecule has 6 heteroatoms. The van der Waals surface area contributed by atoms with Crippen LogP contribution >= 0.6 is 11.3 Å². The van der Waals surface area contributed by atoms with Gasteiger partial charge in [0.15, 0.2) is 5.13 Å². The quantitative estimate of drug-likeness (QED) is 0.619. The molecule has 1 aromatic carbocycles. The number of thiazole rings is 1. The maximum Gasteiger partial charge on any atom is 0.255 e. The van der Waals surface area contributed by atoms with Gasteiger partial charge in [0, 0.05) is 48.9 Å². The summed E-state index contributed by atoms with van der Waals surface area (Å²) in [6.07, 6.45) is 3.65. The lowest BCUT2D eigenvalue weighted by Gasteiger charge is -2.33. The van der Waals surface area contributed by atoms with E-state index in [-0.39, 0.29) is 12.0 Å². The molecule has 0 aliphatic carbocycles. The van der Waals surface area contributed by atoms with Gasteiger partial charge >= 0.3 is 0 Å². The molecule has 29 heavy (non-hydrogen) atoms. The molecule has 5 nitrogen and oxygen atoms in total. The molecule has 1 aliphatic heterocycles. The summed E-state index contributed by atoms with van der Waals surface area (Å²) in [6.45, 7) is 9.62. The highest BCUT2D eigenvalue weighted by Crippen LogP contribution is 2.28. The molecule has 1 saturated heterocycles. The van der Waals surface area contributed by atoms with Crippen LogP contribution in [0.3, 0.4) is 0 Å². The number of para-hydroxylation sites is 1. The molecule has 1 amide bonds. The number of nitrogens with zero attached hydrogens (tertiary/aromatic N) is 3. The van der Waals surface area contributed by atoms with E-state index in [1.54, 1.807) is 17.5 Å². The number of hydrogen-bond acceptors (Lipinski definition) is 4. The number of piperidine rings is 1. The smallest absolute Gasteiger partial charge is 0.255 e. The van der Waals surface area contributed by atoms with Crippen molar-refractivity contribution in [3.63, 3.8) is 0 Å². The first-order valence-electron chi connectivity index (χ1n) is 10.1. The molecule has 0 bridgehead atoms. The Morgan fingerprint density at radius 2 is 1.83 bits per heavy atom. The molecule has 0 N–H and O–H groups in total. The van der Waals surface area contributed by atoms with Crippen LogP contribution in [0.4, 0.5) is 0 Å². The molecule has 1 aliphatic rings. The van der Waals surface area contributed by atoms with Crippen LogP contribution in [0.2, 0.25) is 0 Å². The summed E-state index contributed by atoms with van der Waals surface area (Å²) in [4.78, 5) is 19.5. The van der Waals surface area contributed by atoms with Gasteiger partial charge in [-0.1, -0.05) is 18.2 Å². The average molecular weight is 410 g/mol. The summed E-state index contributed by atoms with van der Waals surface area (Å²) in [5.41, 5.74) is 5.09. The normalized spacial score (nSPS) is 15.0. The number of amides is 1. The van der Waals surface area contributed by atoms with Crippen molar-refractivity contribution in [1.82, 2.24) is 14.5 Å². The molecule has 1 fully saturated rings. The Morgan fingerprint density at radius 1 is 1.14 bits per heavy atom. The van der Waals surface area contributed by atoms with Crippen LogP contribution in [0.5, 0.6) is 5.75 Å². The Kier molecular flexibility index (Phi) is 5.46. The summed E-state index contributed by atoms with van der Waals surface area (Å²) in [7, 11) is 0. The van der Waals surface area contributed by atoms with Crippen LogP contribution in [0.1, 0.15) is 45.7 Å². The fraction of sp³-hybridized carbons (Fsp3) is 0.391. The number of rotatable bonds is 4. The van der Waals surface area contributed by atoms with Gasteiger partial charge in [0.2, 0.25) is 0 Å². The first-order valence-corrected chi connectivity index (χ1v) is 10.9. The Hall–Kier alpha value is -2.60. The number of hydrogen-bond donors (Lipinski definition) is 0. The summed E-state index contributed by atoms with van der Waals surface area (Å²) in [6, 6.07) is 8.21. The third-order valence-electron chi connectivity index (χ3n) is 5.69. The van der Waals surface area contributed by atoms with Crippen molar-refractivity contribution in [1.29, 1.82) is 0 Å². The standard InChI is InChI=1S/C23H27N3O2S/c1-15-6-5-7-16(2)21(15)28-19-8-11-25(12-9-19)22(27)20-14-17(3)26(18(20)4)23-24-10-13-29-23/h5-7,10,13-14,19H,8-9,11-12H2,1-4H3. The highest BCUT2D eigenvalue weighted by Gasteiger charge is 2.28. The summed E-state index contributed by atoms with van der Waals surface area (Å²) >= 11 is 1.58. The number of carbonyl (C=O) groups is 1. The fourth-order valence-electron chi connectivity index (χ4n) is 4.10. The van der Waals surface area contributed by atoms with Gasteiger partial charge in [-0.25, -0.2) is 4.98 Å². The lowest BCUT2D eigenvalue weighted by atomic mass is 10.1. The molecule has 0 spiro atoms. The van der Waals surface area contributed by atoms with E-state index >= 15 is 0 Å². The van der Waals surface area contributed by atoms with E-state index in [1.807, 2.05) is 30.2 Å². The van der Waals surface area contributed by atoms with Gasteiger partial charge < -0.3 is 9.64 Å². The van der Waals surface area contributed by atoms with Gasteiger partial charge in [0.1, 0.15) is 11.9 Å². The largest absolute Gasteiger partial charge is 0.490 e. The zero-order valence-corrected chi connectivity index (χ0v) is 18.3. The van der Waals surface area contributed by atoms with Crippen LogP contribution in [-0.2, 0) is 0 Å². The third-order valence-corrected chi connectivity index (χ3v) is 6.45. The first-order chi connectivity index (χ1) is 14.0. The van der Waals surface area contributed by atoms with Crippen molar-refractivity contribution < 1.29 is 9.53 Å². The van der Waals surface area contributed by atoms with E-state index in [9.17, 15) is 4.79 Å². The zero-order valence-electron chi connectivity index (χ0n) is 17.4. The van der Waals surface area contributed by atoms with Crippen molar-refractivity contribution in [2.24, 2.45) is 0 Å². The molecule has 3 aromatic rings. The number of aryl methyl sites for hydroxylation is 3. The summed E-state index contributed by atoms with van der Waals surface area (Å²) in [5.74, 6) is 1.09. The lowest BCUT2D eigenvalue weighted by molar-refractivity contribution is 0.0592. The van der Waals surface area contributed by atoms with Gasteiger partial charge in [-0.2, -0.15) is 0 Å². The van der Waals surface area contributed by atoms with E-state index in [0.717, 1.165) is 64.9 Å². The van der Waals surface area contributed by atoms with Gasteiger partial charge in [-0.15, -0.1) is 11.3 Å². The number of carbonyl (C=O) groups excluding carboxylic acids is 1. The van der Waals surface area contributed by atoms with Crippen LogP contribution in [0.25, 0.3) is 5.13 Å². The maximum absolute atomic E-state index is 13.2. The fourth-order valence-corrected chi connectivity index (χ4v) is 4.85. The molecule has 2 aromatic heterocycles. The van der Waals surface area contributed by atoms with Gasteiger partial charge in [0.25, 0.3) is 5.91 Å². The predicted octanol–water partition coefficient (Wildman–Crippen LogP) is 4.85. The van der Waals surface area contributed by atoms with Crippen molar-refractivity contribution in [3.05, 3.63) is 63.9 Å². The minimum atomic E-state index is 0.103. The van der Waals surface area contributed by atoms with Crippen molar-refractivity contribution in [2.45, 2.75) is 46.6 Å². The summed E-state index contributed by atoms with van der Waals surface area (Å²) in [5, 5.41) is 2.86. The molecular weight excluding hydrogens is 382 g/mol. The lowest BCUT2D eigenvalue weighted by Crippen LogP contribution is -2.42. The van der Waals surface area contributed by atoms with E-state index < -0.39 is 0 Å². The Bertz CT molecular complexity index is 995. The highest BCUT2D eigenvalue weighted by atomic mass is 32.1. The molecule has 0 unspecified atom stereocenters. The van der Waals surface area contributed by atoms with E-state index in [1.165, 1.54) is 0 Å². The Labute approximate surface area is 176 Å². The second-order valence-electron chi connectivity index (χ2n) is 7.77. The minimum Gasteiger partial charge on any atom is -0.490 e. The number of ether oxygens (including phenoxy) is 1. The summed E-state index contributed by atoms with van der Waals surface area (Å²) < 4.78 is 8.36. The third kappa shape index (κ3) is 3.81. The minimum absolute atomic E-state index is 0.103. The van der Waals surface area contributed by atoms with Crippen molar-refractivity contribution >= 4 is 17.2 Å². The van der Waals surface area contributed by atoms with Gasteiger partial charge in [-0.05, 0) is 44.9 Å². The SMILES string of the molecule is Cc1cccc(C)c1OC1CCN(C(=O)c2cc(C)n(-c3nccs3)c2C)CC1. The number of benzene rings is 1. The molecular formula is C23H27N3O2S. The van der Waals surface area contributed by atoms with Crippen LogP contribution in [0.15, 0.2) is 35.8 Å². The van der Waals surface area contributed by atoms with E-state index in [0.29, 0.717) is 0 Å². The van der Waals surface area contributed by atoms with Crippen LogP contribution in [-0.4, -0.2) is 39.6 Å². The number of aromatic nitrogens is 2. The van der Waals surface area contributed by atoms with E-state index in [4.69, 9.17) is 4.74 Å². The van der Waals surface area contributed by atoms with Crippen LogP contribution < -0.4 is 4.74 Å². The zero-order chi connectivity index (χ0) is 20.5. The molecule has 0 saturated carbocycles. The van der Waals surface area contributed by atoms with Crippen molar-refractivity contribution in [2.75, 3.05) is 13.1 Å². The van der Waals surface area contributed by atoms with Crippen LogP contribution in [0, 0.1) is 27.7 Å². The molecule has 3 heterocycles. The Morgan fingerprint density at radius 3 is 2.45 bits per heavy atom. The molecule has 152 valence electrons. The highest BCUT2D eigenvalue weighted by molar-refractivity contribution is 7.12. The van der Waals surface area contributed by atoms with Gasteiger partial charge in [0.05, 0.1) is 5.56 Å². The monoisotopic (exact) mass is 409 g/mol. The second kappa shape index (κ2) is 8.03. The predicted molar refractivity (Wildman–Crippen MR) is 116 cm³/mol. The number of likely N-dealkylation sites (tertiary alicyclic amines) is 1. The average Bonchev–Trinajstić information content (AvgIpc) is 3.32. The van der Waals surface area contributed by atoms with Gasteiger partial charge in [-0.3, -0.25) is 9.36 Å². The molecule has 0 radical (unpaired) electrons. The maximum atomic E-state index is 13.2. The second-order valence-corrected chi connectivity index (χ2v) is 8.64. The topological polar surface area (TPSA) is 47.4 Å². The van der Waals surface area contributed by atoms with Crippen molar-refractivity contribution in [3.8, 4) is 10.9 Å². The molecule has 0 atom stereocenters. The molecule has 4 rings (SSSR count). The Balaban J connectivity index is 1.44.